The number of aliphatic hydroxyl groups is 1. The Bertz CT molecular complexity index is 1400. The predicted octanol–water partition coefficient (Wildman–Crippen LogP) is 4.66. The second-order valence-corrected chi connectivity index (χ2v) is 10.4. The lowest BCUT2D eigenvalue weighted by Gasteiger charge is -2.51. The molecule has 2 bridgehead atoms. The van der Waals surface area contributed by atoms with E-state index in [0.29, 0.717) is 24.1 Å². The maximum atomic E-state index is 13.7. The molecule has 7 heteroatoms. The van der Waals surface area contributed by atoms with Crippen LogP contribution >= 0.6 is 0 Å². The van der Waals surface area contributed by atoms with Crippen molar-refractivity contribution in [2.24, 2.45) is 5.92 Å². The molecule has 4 aliphatic rings. The Kier molecular flexibility index (Phi) is 4.81. The van der Waals surface area contributed by atoms with Crippen molar-refractivity contribution in [3.63, 3.8) is 0 Å². The molecule has 3 aromatic carbocycles. The average Bonchev–Trinajstić information content (AvgIpc) is 3.47. The van der Waals surface area contributed by atoms with Crippen LogP contribution in [-0.2, 0) is 12.1 Å². The molecule has 0 amide bonds. The average molecular weight is 485 g/mol. The fraction of sp³-hybridized carbons (Fsp3) is 0.310. The van der Waals surface area contributed by atoms with Gasteiger partial charge < -0.3 is 18.7 Å². The standard InChI is InChI=1S/C29H27FN3O3/c30-20-6-5-7-21(16-20)35-26-17-33(14-12-19(26)13-15-33)18-27-31-32-28(36-27)29(34)24-10-3-1-8-22(24)23-9-2-4-11-25(23)29/h1-11,16,19,26,34H,12-15,17-18H2/q+1. The van der Waals surface area contributed by atoms with E-state index in [1.165, 1.54) is 12.1 Å². The van der Waals surface area contributed by atoms with Crippen molar-refractivity contribution in [3.05, 3.63) is 102 Å². The molecule has 3 aliphatic heterocycles. The van der Waals surface area contributed by atoms with E-state index in [-0.39, 0.29) is 17.8 Å². The van der Waals surface area contributed by atoms with Crippen molar-refractivity contribution in [1.82, 2.24) is 10.2 Å². The molecule has 0 radical (unpaired) electrons. The molecule has 1 aliphatic carbocycles. The van der Waals surface area contributed by atoms with Crippen LogP contribution in [0, 0.1) is 11.7 Å². The van der Waals surface area contributed by atoms with Crippen molar-refractivity contribution in [3.8, 4) is 16.9 Å². The Morgan fingerprint density at radius 3 is 2.33 bits per heavy atom. The summed E-state index contributed by atoms with van der Waals surface area (Å²) < 4.78 is 27.0. The minimum atomic E-state index is -1.48. The molecule has 8 rings (SSSR count). The van der Waals surface area contributed by atoms with Gasteiger partial charge in [0.25, 0.3) is 11.8 Å². The maximum Gasteiger partial charge on any atom is 0.271 e. The van der Waals surface area contributed by atoms with E-state index in [2.05, 4.69) is 10.2 Å². The lowest BCUT2D eigenvalue weighted by atomic mass is 9.83. The molecule has 6 nitrogen and oxygen atoms in total. The van der Waals surface area contributed by atoms with E-state index in [4.69, 9.17) is 9.15 Å². The highest BCUT2D eigenvalue weighted by molar-refractivity contribution is 5.81. The van der Waals surface area contributed by atoms with E-state index in [1.54, 1.807) is 6.07 Å². The number of fused-ring (bicyclic) bond motifs is 6. The first-order chi connectivity index (χ1) is 17.5. The summed E-state index contributed by atoms with van der Waals surface area (Å²) in [6, 6.07) is 22.0. The highest BCUT2D eigenvalue weighted by Gasteiger charge is 2.50. The van der Waals surface area contributed by atoms with Gasteiger partial charge in [-0.3, -0.25) is 0 Å². The van der Waals surface area contributed by atoms with Crippen molar-refractivity contribution in [2.75, 3.05) is 19.6 Å². The molecule has 0 spiro atoms. The minimum absolute atomic E-state index is 0.0226. The molecule has 1 atom stereocenters. The van der Waals surface area contributed by atoms with E-state index >= 15 is 0 Å². The van der Waals surface area contributed by atoms with Gasteiger partial charge in [-0.05, 0) is 23.3 Å². The summed E-state index contributed by atoms with van der Waals surface area (Å²) in [5, 5.41) is 20.7. The quantitative estimate of drug-likeness (QED) is 0.417. The number of quaternary nitrogens is 1. The number of piperidine rings is 3. The second-order valence-electron chi connectivity index (χ2n) is 10.4. The molecule has 0 saturated carbocycles. The first-order valence-electron chi connectivity index (χ1n) is 12.6. The summed E-state index contributed by atoms with van der Waals surface area (Å²) >= 11 is 0. The molecule has 1 unspecified atom stereocenters. The Morgan fingerprint density at radius 1 is 0.944 bits per heavy atom. The maximum absolute atomic E-state index is 13.7. The number of benzene rings is 3. The molecule has 4 aromatic rings. The number of rotatable bonds is 5. The van der Waals surface area contributed by atoms with Gasteiger partial charge in [0, 0.05) is 36.0 Å². The zero-order valence-corrected chi connectivity index (χ0v) is 19.8. The third-order valence-corrected chi connectivity index (χ3v) is 8.30. The zero-order valence-electron chi connectivity index (χ0n) is 19.8. The first-order valence-corrected chi connectivity index (χ1v) is 12.6. The number of aromatic nitrogens is 2. The second kappa shape index (κ2) is 7.98. The smallest absolute Gasteiger partial charge is 0.271 e. The summed E-state index contributed by atoms with van der Waals surface area (Å²) in [6.07, 6.45) is 2.12. The van der Waals surface area contributed by atoms with E-state index in [9.17, 15) is 9.50 Å². The lowest BCUT2D eigenvalue weighted by Crippen LogP contribution is -2.64. The van der Waals surface area contributed by atoms with Crippen LogP contribution in [0.4, 0.5) is 4.39 Å². The molecular weight excluding hydrogens is 457 g/mol. The largest absolute Gasteiger partial charge is 0.484 e. The number of hydrogen-bond acceptors (Lipinski definition) is 5. The van der Waals surface area contributed by atoms with Gasteiger partial charge in [-0.1, -0.05) is 54.6 Å². The fourth-order valence-electron chi connectivity index (χ4n) is 6.49. The van der Waals surface area contributed by atoms with Crippen LogP contribution in [-0.4, -0.2) is 45.5 Å². The van der Waals surface area contributed by atoms with Crippen LogP contribution in [0.15, 0.2) is 77.2 Å². The Labute approximate surface area is 208 Å². The van der Waals surface area contributed by atoms with Gasteiger partial charge in [0.2, 0.25) is 0 Å². The van der Waals surface area contributed by atoms with Gasteiger partial charge in [-0.25, -0.2) is 4.39 Å². The third kappa shape index (κ3) is 3.30. The molecule has 1 N–H and O–H groups in total. The highest BCUT2D eigenvalue weighted by Crippen LogP contribution is 2.50. The van der Waals surface area contributed by atoms with Crippen LogP contribution in [0.25, 0.3) is 11.1 Å². The van der Waals surface area contributed by atoms with Gasteiger partial charge in [-0.2, -0.15) is 0 Å². The monoisotopic (exact) mass is 484 g/mol. The molecular formula is C29H27FN3O3+. The summed E-state index contributed by atoms with van der Waals surface area (Å²) in [5.74, 6) is 1.48. The van der Waals surface area contributed by atoms with Crippen LogP contribution in [0.2, 0.25) is 0 Å². The fourth-order valence-corrected chi connectivity index (χ4v) is 6.49. The normalized spacial score (nSPS) is 25.4. The summed E-state index contributed by atoms with van der Waals surface area (Å²) in [6.45, 7) is 3.43. The minimum Gasteiger partial charge on any atom is -0.484 e. The SMILES string of the molecule is OC1(c2nnc(C[N+]34CCC(CC3)C(Oc3cccc(F)c3)C4)o2)c2ccccc2-c2ccccc21. The van der Waals surface area contributed by atoms with Gasteiger partial charge in [-0.15, -0.1) is 10.2 Å². The van der Waals surface area contributed by atoms with Crippen molar-refractivity contribution in [1.29, 1.82) is 0 Å². The third-order valence-electron chi connectivity index (χ3n) is 8.30. The van der Waals surface area contributed by atoms with Crippen LogP contribution < -0.4 is 4.74 Å². The molecule has 3 fully saturated rings. The Hall–Kier alpha value is -3.55. The molecule has 36 heavy (non-hydrogen) atoms. The van der Waals surface area contributed by atoms with Gasteiger partial charge in [0.05, 0.1) is 13.1 Å². The lowest BCUT2D eigenvalue weighted by molar-refractivity contribution is -0.959. The van der Waals surface area contributed by atoms with Crippen LogP contribution in [0.1, 0.15) is 35.7 Å². The summed E-state index contributed by atoms with van der Waals surface area (Å²) in [7, 11) is 0. The molecule has 4 heterocycles. The summed E-state index contributed by atoms with van der Waals surface area (Å²) in [4.78, 5) is 0. The van der Waals surface area contributed by atoms with E-state index in [1.807, 2.05) is 54.6 Å². The van der Waals surface area contributed by atoms with Crippen molar-refractivity contribution < 1.29 is 23.1 Å². The highest BCUT2D eigenvalue weighted by atomic mass is 19.1. The molecule has 182 valence electrons. The van der Waals surface area contributed by atoms with Crippen molar-refractivity contribution >= 4 is 0 Å². The topological polar surface area (TPSA) is 68.4 Å². The Morgan fingerprint density at radius 2 is 1.64 bits per heavy atom. The molecule has 3 saturated heterocycles. The van der Waals surface area contributed by atoms with Gasteiger partial charge in [0.15, 0.2) is 18.2 Å². The Balaban J connectivity index is 1.17. The predicted molar refractivity (Wildman–Crippen MR) is 130 cm³/mol. The first kappa shape index (κ1) is 21.7. The summed E-state index contributed by atoms with van der Waals surface area (Å²) in [5.41, 5.74) is 2.00. The number of halogens is 1. The number of hydrogen-bond donors (Lipinski definition) is 1. The number of ether oxygens (including phenoxy) is 1. The zero-order chi connectivity index (χ0) is 24.3. The van der Waals surface area contributed by atoms with Crippen LogP contribution in [0.5, 0.6) is 5.75 Å². The van der Waals surface area contributed by atoms with Gasteiger partial charge in [0.1, 0.15) is 18.1 Å². The van der Waals surface area contributed by atoms with E-state index in [0.717, 1.165) is 59.2 Å². The number of nitrogens with zero attached hydrogens (tertiary/aromatic N) is 3. The molecule has 1 aromatic heterocycles. The van der Waals surface area contributed by atoms with Crippen molar-refractivity contribution in [2.45, 2.75) is 31.1 Å². The van der Waals surface area contributed by atoms with E-state index < -0.39 is 5.60 Å². The van der Waals surface area contributed by atoms with Crippen LogP contribution in [0.3, 0.4) is 0 Å². The van der Waals surface area contributed by atoms with Gasteiger partial charge >= 0.3 is 0 Å².